The van der Waals surface area contributed by atoms with E-state index in [1.54, 1.807) is 7.05 Å². The molecule has 2 rings (SSSR count). The van der Waals surface area contributed by atoms with E-state index in [0.29, 0.717) is 12.4 Å². The van der Waals surface area contributed by atoms with Gasteiger partial charge in [-0.25, -0.2) is 13.8 Å². The number of hydrogen-bond acceptors (Lipinski definition) is 4. The van der Waals surface area contributed by atoms with Crippen molar-refractivity contribution in [2.75, 3.05) is 13.6 Å². The molecule has 0 saturated carbocycles. The van der Waals surface area contributed by atoms with Crippen molar-refractivity contribution < 1.29 is 18.0 Å². The van der Waals surface area contributed by atoms with E-state index in [-0.39, 0.29) is 36.5 Å². The zero-order valence-electron chi connectivity index (χ0n) is 12.6. The van der Waals surface area contributed by atoms with Crippen LogP contribution in [0.25, 0.3) is 11.3 Å². The Balaban J connectivity index is 1.97. The summed E-state index contributed by atoms with van der Waals surface area (Å²) in [7, 11) is 1.62. The SMILES string of the molecule is CN(CCC#N)C(=O)CCc1ncc(-c2ccc(F)cc2F)o1. The Hall–Kier alpha value is -2.75. The molecule has 0 unspecified atom stereocenters. The second kappa shape index (κ2) is 7.49. The maximum absolute atomic E-state index is 13.7. The Kier molecular flexibility index (Phi) is 5.41. The third-order valence-electron chi connectivity index (χ3n) is 3.29. The Labute approximate surface area is 132 Å². The molecule has 0 fully saturated rings. The maximum Gasteiger partial charge on any atom is 0.222 e. The molecular formula is C16H15F2N3O2. The van der Waals surface area contributed by atoms with Crippen molar-refractivity contribution >= 4 is 5.91 Å². The van der Waals surface area contributed by atoms with Crippen molar-refractivity contribution in [3.05, 3.63) is 41.9 Å². The largest absolute Gasteiger partial charge is 0.441 e. The molecule has 0 bridgehead atoms. The van der Waals surface area contributed by atoms with E-state index < -0.39 is 11.6 Å². The summed E-state index contributed by atoms with van der Waals surface area (Å²) in [5, 5.41) is 8.49. The molecule has 0 spiro atoms. The standard InChI is InChI=1S/C16H15F2N3O2/c1-21(8-2-7-19)16(22)6-5-15-20-10-14(23-15)12-4-3-11(17)9-13(12)18/h3-4,9-10H,2,5-6,8H2,1H3. The van der Waals surface area contributed by atoms with Crippen molar-refractivity contribution in [2.45, 2.75) is 19.3 Å². The van der Waals surface area contributed by atoms with Crippen LogP contribution in [0.3, 0.4) is 0 Å². The van der Waals surface area contributed by atoms with Gasteiger partial charge >= 0.3 is 0 Å². The topological polar surface area (TPSA) is 70.1 Å². The number of aromatic nitrogens is 1. The van der Waals surface area contributed by atoms with Crippen molar-refractivity contribution in [2.24, 2.45) is 0 Å². The first-order valence-electron chi connectivity index (χ1n) is 7.02. The molecule has 120 valence electrons. The predicted molar refractivity (Wildman–Crippen MR) is 78.0 cm³/mol. The summed E-state index contributed by atoms with van der Waals surface area (Å²) in [4.78, 5) is 17.3. The fourth-order valence-corrected chi connectivity index (χ4v) is 1.99. The van der Waals surface area contributed by atoms with Gasteiger partial charge in [0.2, 0.25) is 5.91 Å². The zero-order chi connectivity index (χ0) is 16.8. The van der Waals surface area contributed by atoms with E-state index in [0.717, 1.165) is 12.1 Å². The maximum atomic E-state index is 13.7. The molecule has 7 heteroatoms. The Morgan fingerprint density at radius 3 is 2.91 bits per heavy atom. The molecule has 23 heavy (non-hydrogen) atoms. The van der Waals surface area contributed by atoms with E-state index in [4.69, 9.17) is 9.68 Å². The molecule has 1 aromatic carbocycles. The van der Waals surface area contributed by atoms with Gasteiger partial charge in [0.1, 0.15) is 11.6 Å². The van der Waals surface area contributed by atoms with Crippen LogP contribution in [0, 0.1) is 23.0 Å². The van der Waals surface area contributed by atoms with E-state index >= 15 is 0 Å². The second-order valence-electron chi connectivity index (χ2n) is 4.97. The van der Waals surface area contributed by atoms with Gasteiger partial charge in [-0.15, -0.1) is 0 Å². The number of hydrogen-bond donors (Lipinski definition) is 0. The minimum absolute atomic E-state index is 0.114. The highest BCUT2D eigenvalue weighted by atomic mass is 19.1. The van der Waals surface area contributed by atoms with Gasteiger partial charge in [-0.3, -0.25) is 4.79 Å². The number of benzene rings is 1. The van der Waals surface area contributed by atoms with Crippen LogP contribution in [-0.2, 0) is 11.2 Å². The molecule has 5 nitrogen and oxygen atoms in total. The fraction of sp³-hybridized carbons (Fsp3) is 0.312. The number of nitriles is 1. The van der Waals surface area contributed by atoms with Crippen LogP contribution >= 0.6 is 0 Å². The van der Waals surface area contributed by atoms with Gasteiger partial charge in [0.15, 0.2) is 11.7 Å². The molecule has 0 radical (unpaired) electrons. The van der Waals surface area contributed by atoms with Crippen LogP contribution in [0.1, 0.15) is 18.7 Å². The monoisotopic (exact) mass is 319 g/mol. The Morgan fingerprint density at radius 2 is 2.22 bits per heavy atom. The summed E-state index contributed by atoms with van der Waals surface area (Å²) in [5.74, 6) is -1.06. The smallest absolute Gasteiger partial charge is 0.222 e. The van der Waals surface area contributed by atoms with Crippen molar-refractivity contribution in [3.63, 3.8) is 0 Å². The number of aryl methyl sites for hydroxylation is 1. The molecule has 0 aliphatic rings. The summed E-state index contributed by atoms with van der Waals surface area (Å²) in [5.41, 5.74) is 0.114. The first-order chi connectivity index (χ1) is 11.0. The lowest BCUT2D eigenvalue weighted by atomic mass is 10.2. The summed E-state index contributed by atoms with van der Waals surface area (Å²) in [6.07, 6.45) is 2.05. The first kappa shape index (κ1) is 16.6. The quantitative estimate of drug-likeness (QED) is 0.821. The third kappa shape index (κ3) is 4.36. The van der Waals surface area contributed by atoms with Gasteiger partial charge in [-0.1, -0.05) is 0 Å². The van der Waals surface area contributed by atoms with Crippen LogP contribution in [0.5, 0.6) is 0 Å². The second-order valence-corrected chi connectivity index (χ2v) is 4.97. The number of amides is 1. The number of oxazole rings is 1. The number of carbonyl (C=O) groups is 1. The highest BCUT2D eigenvalue weighted by Crippen LogP contribution is 2.24. The minimum atomic E-state index is -0.736. The molecule has 0 aliphatic heterocycles. The lowest BCUT2D eigenvalue weighted by Crippen LogP contribution is -2.27. The number of carbonyl (C=O) groups excluding carboxylic acids is 1. The van der Waals surface area contributed by atoms with Gasteiger partial charge in [0.25, 0.3) is 0 Å². The van der Waals surface area contributed by atoms with E-state index in [9.17, 15) is 13.6 Å². The Bertz CT molecular complexity index is 737. The van der Waals surface area contributed by atoms with E-state index in [1.165, 1.54) is 17.2 Å². The molecular weight excluding hydrogens is 304 g/mol. The number of rotatable bonds is 6. The molecule has 0 N–H and O–H groups in total. The highest BCUT2D eigenvalue weighted by Gasteiger charge is 2.14. The van der Waals surface area contributed by atoms with Gasteiger partial charge in [0.05, 0.1) is 24.3 Å². The van der Waals surface area contributed by atoms with Gasteiger partial charge in [-0.05, 0) is 12.1 Å². The fourth-order valence-electron chi connectivity index (χ4n) is 1.99. The average Bonchev–Trinajstić information content (AvgIpc) is 2.98. The number of nitrogens with zero attached hydrogens (tertiary/aromatic N) is 3. The van der Waals surface area contributed by atoms with Crippen LogP contribution in [0.4, 0.5) is 8.78 Å². The van der Waals surface area contributed by atoms with Gasteiger partial charge < -0.3 is 9.32 Å². The van der Waals surface area contributed by atoms with Crippen LogP contribution in [0.2, 0.25) is 0 Å². The summed E-state index contributed by atoms with van der Waals surface area (Å²) >= 11 is 0. The van der Waals surface area contributed by atoms with E-state index in [1.807, 2.05) is 6.07 Å². The lowest BCUT2D eigenvalue weighted by molar-refractivity contribution is -0.129. The molecule has 2 aromatic rings. The lowest BCUT2D eigenvalue weighted by Gasteiger charge is -2.14. The van der Waals surface area contributed by atoms with Crippen LogP contribution < -0.4 is 0 Å². The predicted octanol–water partition coefficient (Wildman–Crippen LogP) is 2.92. The summed E-state index contributed by atoms with van der Waals surface area (Å²) < 4.78 is 32.0. The van der Waals surface area contributed by atoms with Crippen molar-refractivity contribution in [1.82, 2.24) is 9.88 Å². The molecule has 0 aliphatic carbocycles. The van der Waals surface area contributed by atoms with Crippen molar-refractivity contribution in [1.29, 1.82) is 5.26 Å². The van der Waals surface area contributed by atoms with Crippen molar-refractivity contribution in [3.8, 4) is 17.4 Å². The minimum Gasteiger partial charge on any atom is -0.441 e. The number of halogens is 2. The third-order valence-corrected chi connectivity index (χ3v) is 3.29. The molecule has 0 saturated heterocycles. The normalized spacial score (nSPS) is 10.3. The molecule has 0 atom stereocenters. The molecule has 1 heterocycles. The summed E-state index contributed by atoms with van der Waals surface area (Å²) in [6, 6.07) is 5.15. The highest BCUT2D eigenvalue weighted by molar-refractivity contribution is 5.76. The molecule has 1 aromatic heterocycles. The average molecular weight is 319 g/mol. The van der Waals surface area contributed by atoms with Crippen LogP contribution in [0.15, 0.2) is 28.8 Å². The Morgan fingerprint density at radius 1 is 1.43 bits per heavy atom. The zero-order valence-corrected chi connectivity index (χ0v) is 12.6. The van der Waals surface area contributed by atoms with Gasteiger partial charge in [-0.2, -0.15) is 5.26 Å². The van der Waals surface area contributed by atoms with Gasteiger partial charge in [0, 0.05) is 32.5 Å². The van der Waals surface area contributed by atoms with Crippen LogP contribution in [-0.4, -0.2) is 29.4 Å². The molecule has 1 amide bonds. The summed E-state index contributed by atoms with van der Waals surface area (Å²) in [6.45, 7) is 0.368. The van der Waals surface area contributed by atoms with E-state index in [2.05, 4.69) is 4.98 Å². The first-order valence-corrected chi connectivity index (χ1v) is 7.02.